The summed E-state index contributed by atoms with van der Waals surface area (Å²) in [7, 11) is 0. The SMILES string of the molecule is CC1CCCC(NC(C)c2c(Cl)ccc(F)c2Cl)CC1. The summed E-state index contributed by atoms with van der Waals surface area (Å²) in [6.45, 7) is 4.31. The van der Waals surface area contributed by atoms with Crippen LogP contribution >= 0.6 is 23.2 Å². The highest BCUT2D eigenvalue weighted by Crippen LogP contribution is 2.33. The van der Waals surface area contributed by atoms with E-state index < -0.39 is 5.82 Å². The first-order chi connectivity index (χ1) is 9.49. The Morgan fingerprint density at radius 1 is 1.20 bits per heavy atom. The molecule has 3 atom stereocenters. The largest absolute Gasteiger partial charge is 0.307 e. The summed E-state index contributed by atoms with van der Waals surface area (Å²) in [5.74, 6) is 0.396. The molecule has 1 saturated carbocycles. The van der Waals surface area contributed by atoms with Gasteiger partial charge in [0.25, 0.3) is 0 Å². The molecule has 0 radical (unpaired) electrons. The van der Waals surface area contributed by atoms with Crippen LogP contribution in [-0.4, -0.2) is 6.04 Å². The van der Waals surface area contributed by atoms with Crippen LogP contribution in [0.3, 0.4) is 0 Å². The molecule has 0 bridgehead atoms. The summed E-state index contributed by atoms with van der Waals surface area (Å²) < 4.78 is 13.6. The van der Waals surface area contributed by atoms with E-state index in [1.807, 2.05) is 6.92 Å². The summed E-state index contributed by atoms with van der Waals surface area (Å²) in [5.41, 5.74) is 0.672. The van der Waals surface area contributed by atoms with E-state index in [0.29, 0.717) is 16.6 Å². The monoisotopic (exact) mass is 317 g/mol. The van der Waals surface area contributed by atoms with E-state index in [1.165, 1.54) is 31.7 Å². The Kier molecular flexibility index (Phi) is 5.71. The lowest BCUT2D eigenvalue weighted by Crippen LogP contribution is -2.31. The third kappa shape index (κ3) is 3.87. The average molecular weight is 318 g/mol. The maximum absolute atomic E-state index is 13.6. The molecule has 2 rings (SSSR count). The summed E-state index contributed by atoms with van der Waals surface area (Å²) in [6.07, 6.45) is 6.12. The zero-order valence-corrected chi connectivity index (χ0v) is 13.6. The average Bonchev–Trinajstić information content (AvgIpc) is 2.60. The van der Waals surface area contributed by atoms with E-state index in [1.54, 1.807) is 6.07 Å². The molecule has 4 heteroatoms. The van der Waals surface area contributed by atoms with Crippen molar-refractivity contribution in [1.82, 2.24) is 5.32 Å². The number of benzene rings is 1. The topological polar surface area (TPSA) is 12.0 Å². The molecule has 0 aromatic heterocycles. The van der Waals surface area contributed by atoms with Gasteiger partial charge < -0.3 is 5.32 Å². The van der Waals surface area contributed by atoms with Gasteiger partial charge in [0.1, 0.15) is 5.82 Å². The second kappa shape index (κ2) is 7.11. The van der Waals surface area contributed by atoms with Crippen molar-refractivity contribution in [3.05, 3.63) is 33.6 Å². The zero-order valence-electron chi connectivity index (χ0n) is 12.1. The molecule has 1 nitrogen and oxygen atoms in total. The van der Waals surface area contributed by atoms with Crippen LogP contribution in [0, 0.1) is 11.7 Å². The van der Waals surface area contributed by atoms with E-state index >= 15 is 0 Å². The summed E-state index contributed by atoms with van der Waals surface area (Å²) >= 11 is 12.2. The normalized spacial score (nSPS) is 25.2. The van der Waals surface area contributed by atoms with E-state index in [9.17, 15) is 4.39 Å². The highest BCUT2D eigenvalue weighted by atomic mass is 35.5. The Morgan fingerprint density at radius 3 is 2.70 bits per heavy atom. The van der Waals surface area contributed by atoms with Crippen molar-refractivity contribution in [3.63, 3.8) is 0 Å². The fourth-order valence-electron chi connectivity index (χ4n) is 3.03. The van der Waals surface area contributed by atoms with E-state index in [0.717, 1.165) is 12.3 Å². The molecule has 1 fully saturated rings. The third-order valence-electron chi connectivity index (χ3n) is 4.26. The summed E-state index contributed by atoms with van der Waals surface area (Å²) in [5, 5.41) is 4.23. The number of rotatable bonds is 3. The van der Waals surface area contributed by atoms with Crippen LogP contribution in [0.15, 0.2) is 12.1 Å². The minimum atomic E-state index is -0.408. The van der Waals surface area contributed by atoms with Gasteiger partial charge in [0.15, 0.2) is 0 Å². The van der Waals surface area contributed by atoms with Gasteiger partial charge in [0, 0.05) is 22.7 Å². The van der Waals surface area contributed by atoms with Crippen molar-refractivity contribution >= 4 is 23.2 Å². The second-order valence-electron chi connectivity index (χ2n) is 5.96. The Bertz CT molecular complexity index is 464. The van der Waals surface area contributed by atoms with Crippen LogP contribution in [0.4, 0.5) is 4.39 Å². The van der Waals surface area contributed by atoms with Gasteiger partial charge in [-0.2, -0.15) is 0 Å². The molecule has 112 valence electrons. The number of hydrogen-bond acceptors (Lipinski definition) is 1. The van der Waals surface area contributed by atoms with Gasteiger partial charge in [-0.25, -0.2) is 4.39 Å². The minimum absolute atomic E-state index is 0.0379. The highest BCUT2D eigenvalue weighted by Gasteiger charge is 2.22. The fourth-order valence-corrected chi connectivity index (χ4v) is 3.73. The van der Waals surface area contributed by atoms with Crippen molar-refractivity contribution in [1.29, 1.82) is 0 Å². The predicted molar refractivity (Wildman–Crippen MR) is 84.0 cm³/mol. The molecule has 0 saturated heterocycles. The lowest BCUT2D eigenvalue weighted by molar-refractivity contribution is 0.407. The van der Waals surface area contributed by atoms with Gasteiger partial charge in [-0.3, -0.25) is 0 Å². The Morgan fingerprint density at radius 2 is 1.95 bits per heavy atom. The summed E-state index contributed by atoms with van der Waals surface area (Å²) in [6, 6.07) is 3.31. The number of hydrogen-bond donors (Lipinski definition) is 1. The first-order valence-corrected chi connectivity index (χ1v) is 8.14. The Balaban J connectivity index is 2.08. The first kappa shape index (κ1) is 16.1. The molecule has 1 aliphatic carbocycles. The third-order valence-corrected chi connectivity index (χ3v) is 4.97. The van der Waals surface area contributed by atoms with E-state index in [-0.39, 0.29) is 11.1 Å². The molecule has 0 amide bonds. The quantitative estimate of drug-likeness (QED) is 0.552. The molecular weight excluding hydrogens is 296 g/mol. The number of halogens is 3. The van der Waals surface area contributed by atoms with Gasteiger partial charge >= 0.3 is 0 Å². The minimum Gasteiger partial charge on any atom is -0.307 e. The zero-order chi connectivity index (χ0) is 14.7. The lowest BCUT2D eigenvalue weighted by Gasteiger charge is -2.24. The van der Waals surface area contributed by atoms with Crippen LogP contribution < -0.4 is 5.32 Å². The second-order valence-corrected chi connectivity index (χ2v) is 6.74. The molecule has 1 aromatic rings. The highest BCUT2D eigenvalue weighted by molar-refractivity contribution is 6.36. The van der Waals surface area contributed by atoms with Crippen LogP contribution in [0.5, 0.6) is 0 Å². The van der Waals surface area contributed by atoms with Gasteiger partial charge in [-0.15, -0.1) is 0 Å². The van der Waals surface area contributed by atoms with Gasteiger partial charge in [-0.1, -0.05) is 43.0 Å². The summed E-state index contributed by atoms with van der Waals surface area (Å²) in [4.78, 5) is 0. The van der Waals surface area contributed by atoms with Crippen LogP contribution in [-0.2, 0) is 0 Å². The Labute approximate surface area is 130 Å². The van der Waals surface area contributed by atoms with Gasteiger partial charge in [-0.05, 0) is 44.2 Å². The Hall–Kier alpha value is -0.310. The molecule has 1 aromatic carbocycles. The van der Waals surface area contributed by atoms with Crippen LogP contribution in [0.25, 0.3) is 0 Å². The molecule has 0 heterocycles. The van der Waals surface area contributed by atoms with Crippen molar-refractivity contribution in [3.8, 4) is 0 Å². The first-order valence-electron chi connectivity index (χ1n) is 7.38. The van der Waals surface area contributed by atoms with Gasteiger partial charge in [0.05, 0.1) is 5.02 Å². The van der Waals surface area contributed by atoms with Crippen molar-refractivity contribution in [2.24, 2.45) is 5.92 Å². The molecule has 1 aliphatic rings. The molecule has 20 heavy (non-hydrogen) atoms. The van der Waals surface area contributed by atoms with Crippen molar-refractivity contribution in [2.75, 3.05) is 0 Å². The molecule has 0 aliphatic heterocycles. The molecular formula is C16H22Cl2FN. The van der Waals surface area contributed by atoms with Gasteiger partial charge in [0.2, 0.25) is 0 Å². The van der Waals surface area contributed by atoms with Crippen molar-refractivity contribution in [2.45, 2.75) is 58.0 Å². The van der Waals surface area contributed by atoms with Crippen LogP contribution in [0.2, 0.25) is 10.0 Å². The lowest BCUT2D eigenvalue weighted by atomic mass is 10.0. The smallest absolute Gasteiger partial charge is 0.142 e. The molecule has 0 spiro atoms. The molecule has 3 unspecified atom stereocenters. The maximum Gasteiger partial charge on any atom is 0.142 e. The van der Waals surface area contributed by atoms with E-state index in [4.69, 9.17) is 23.2 Å². The maximum atomic E-state index is 13.6. The van der Waals surface area contributed by atoms with Crippen LogP contribution in [0.1, 0.15) is 57.6 Å². The fraction of sp³-hybridized carbons (Fsp3) is 0.625. The number of nitrogens with one attached hydrogen (secondary N) is 1. The predicted octanol–water partition coefficient (Wildman–Crippen LogP) is 5.75. The molecule has 1 N–H and O–H groups in total. The standard InChI is InChI=1S/C16H22Cl2FN/c1-10-4-3-5-12(7-6-10)20-11(2)15-13(17)8-9-14(19)16(15)18/h8-12,20H,3-7H2,1-2H3. The van der Waals surface area contributed by atoms with Crippen molar-refractivity contribution < 1.29 is 4.39 Å². The van der Waals surface area contributed by atoms with E-state index in [2.05, 4.69) is 12.2 Å².